The first-order chi connectivity index (χ1) is 17.5. The Balaban J connectivity index is 1.68. The lowest BCUT2D eigenvalue weighted by atomic mass is 9.98. The molecule has 1 fully saturated rings. The van der Waals surface area contributed by atoms with Crippen LogP contribution in [0.3, 0.4) is 0 Å². The zero-order valence-corrected chi connectivity index (χ0v) is 20.5. The molecule has 1 aliphatic rings. The van der Waals surface area contributed by atoms with Crippen LogP contribution in [0, 0.1) is 0 Å². The third-order valence-corrected chi connectivity index (χ3v) is 6.14. The summed E-state index contributed by atoms with van der Waals surface area (Å²) in [4.78, 5) is 32.2. The first kappa shape index (κ1) is 25.0. The summed E-state index contributed by atoms with van der Waals surface area (Å²) in [5, 5.41) is 11.2. The third kappa shape index (κ3) is 5.40. The molecule has 1 atom stereocenters. The molecule has 7 nitrogen and oxygen atoms in total. The quantitative estimate of drug-likeness (QED) is 0.182. The number of amides is 1. The zero-order chi connectivity index (χ0) is 25.5. The molecule has 0 bridgehead atoms. The van der Waals surface area contributed by atoms with Crippen LogP contribution in [-0.4, -0.2) is 40.4 Å². The van der Waals surface area contributed by atoms with E-state index >= 15 is 0 Å². The van der Waals surface area contributed by atoms with Crippen LogP contribution in [0.1, 0.15) is 49.0 Å². The highest BCUT2D eigenvalue weighted by molar-refractivity contribution is 6.46. The van der Waals surface area contributed by atoms with Crippen LogP contribution in [-0.2, 0) is 16.1 Å². The highest BCUT2D eigenvalue weighted by Crippen LogP contribution is 2.39. The number of ether oxygens (including phenoxy) is 2. The zero-order valence-electron chi connectivity index (χ0n) is 20.5. The van der Waals surface area contributed by atoms with Crippen LogP contribution in [0.25, 0.3) is 5.76 Å². The highest BCUT2D eigenvalue weighted by atomic mass is 16.5. The molecule has 186 valence electrons. The molecule has 3 aromatic rings. The lowest BCUT2D eigenvalue weighted by Gasteiger charge is -2.24. The molecule has 1 aromatic heterocycles. The van der Waals surface area contributed by atoms with Gasteiger partial charge in [0, 0.05) is 18.3 Å². The van der Waals surface area contributed by atoms with Gasteiger partial charge < -0.3 is 19.5 Å². The van der Waals surface area contributed by atoms with E-state index in [9.17, 15) is 14.7 Å². The highest BCUT2D eigenvalue weighted by Gasteiger charge is 2.46. The van der Waals surface area contributed by atoms with Crippen molar-refractivity contribution in [2.24, 2.45) is 0 Å². The van der Waals surface area contributed by atoms with E-state index < -0.39 is 17.7 Å². The molecule has 1 N–H and O–H groups in total. The Morgan fingerprint density at radius 1 is 1.00 bits per heavy atom. The number of aliphatic hydroxyl groups is 1. The Bertz CT molecular complexity index is 1240. The minimum absolute atomic E-state index is 0.0122. The van der Waals surface area contributed by atoms with Gasteiger partial charge in [-0.25, -0.2) is 0 Å². The number of unbranched alkanes of at least 4 members (excludes halogenated alkanes) is 2. The number of carbonyl (C=O) groups excluding carboxylic acids is 2. The maximum Gasteiger partial charge on any atom is 0.296 e. The molecular weight excluding hydrogens is 456 g/mol. The number of hydrogen-bond donors (Lipinski definition) is 1. The summed E-state index contributed by atoms with van der Waals surface area (Å²) in [7, 11) is 1.57. The van der Waals surface area contributed by atoms with Gasteiger partial charge in [0.1, 0.15) is 23.3 Å². The Hall–Kier alpha value is -4.13. The Morgan fingerprint density at radius 2 is 1.81 bits per heavy atom. The van der Waals surface area contributed by atoms with E-state index in [1.165, 1.54) is 4.90 Å². The Morgan fingerprint density at radius 3 is 2.50 bits per heavy atom. The van der Waals surface area contributed by atoms with Crippen molar-refractivity contribution in [3.8, 4) is 11.5 Å². The fourth-order valence-electron chi connectivity index (χ4n) is 4.26. The number of benzene rings is 2. The fourth-order valence-corrected chi connectivity index (χ4v) is 4.26. The van der Waals surface area contributed by atoms with Crippen LogP contribution in [0.4, 0.5) is 0 Å². The fraction of sp³-hybridized carbons (Fsp3) is 0.276. The van der Waals surface area contributed by atoms with Gasteiger partial charge in [0.05, 0.1) is 25.0 Å². The maximum absolute atomic E-state index is 13.2. The predicted molar refractivity (Wildman–Crippen MR) is 137 cm³/mol. The summed E-state index contributed by atoms with van der Waals surface area (Å²) >= 11 is 0. The third-order valence-electron chi connectivity index (χ3n) is 6.14. The largest absolute Gasteiger partial charge is 0.507 e. The van der Waals surface area contributed by atoms with Gasteiger partial charge in [-0.05, 0) is 60.5 Å². The maximum atomic E-state index is 13.2. The normalized spacial score (nSPS) is 16.8. The molecule has 0 radical (unpaired) electrons. The van der Waals surface area contributed by atoms with Crippen LogP contribution in [0.15, 0.2) is 78.5 Å². The van der Waals surface area contributed by atoms with E-state index in [1.54, 1.807) is 55.8 Å². The number of hydrogen-bond acceptors (Lipinski definition) is 6. The van der Waals surface area contributed by atoms with Gasteiger partial charge in [0.2, 0.25) is 0 Å². The van der Waals surface area contributed by atoms with Crippen molar-refractivity contribution in [2.75, 3.05) is 13.7 Å². The molecule has 0 aliphatic carbocycles. The van der Waals surface area contributed by atoms with Gasteiger partial charge in [-0.15, -0.1) is 0 Å². The van der Waals surface area contributed by atoms with E-state index in [0.717, 1.165) is 24.8 Å². The minimum atomic E-state index is -0.831. The number of rotatable bonds is 10. The summed E-state index contributed by atoms with van der Waals surface area (Å²) in [6, 6.07) is 18.7. The van der Waals surface area contributed by atoms with Gasteiger partial charge in [0.25, 0.3) is 11.7 Å². The molecular formula is C29H30N2O5. The van der Waals surface area contributed by atoms with Crippen molar-refractivity contribution in [3.05, 3.63) is 95.3 Å². The molecule has 4 rings (SSSR count). The minimum Gasteiger partial charge on any atom is -0.507 e. The van der Waals surface area contributed by atoms with Gasteiger partial charge in [0.15, 0.2) is 0 Å². The van der Waals surface area contributed by atoms with Crippen molar-refractivity contribution in [1.82, 2.24) is 9.88 Å². The van der Waals surface area contributed by atoms with Crippen LogP contribution >= 0.6 is 0 Å². The molecule has 1 saturated heterocycles. The number of pyridine rings is 1. The molecule has 7 heteroatoms. The van der Waals surface area contributed by atoms with E-state index in [-0.39, 0.29) is 17.9 Å². The number of methoxy groups -OCH3 is 1. The summed E-state index contributed by atoms with van der Waals surface area (Å²) in [5.41, 5.74) is 1.73. The van der Waals surface area contributed by atoms with Crippen molar-refractivity contribution in [2.45, 2.75) is 38.8 Å². The number of nitrogens with zero attached hydrogens (tertiary/aromatic N) is 2. The Kier molecular flexibility index (Phi) is 8.00. The summed E-state index contributed by atoms with van der Waals surface area (Å²) in [6.45, 7) is 2.91. The van der Waals surface area contributed by atoms with Gasteiger partial charge in [-0.2, -0.15) is 0 Å². The van der Waals surface area contributed by atoms with Crippen molar-refractivity contribution in [3.63, 3.8) is 0 Å². The summed E-state index contributed by atoms with van der Waals surface area (Å²) < 4.78 is 11.1. The monoisotopic (exact) mass is 486 g/mol. The predicted octanol–water partition coefficient (Wildman–Crippen LogP) is 5.28. The van der Waals surface area contributed by atoms with E-state index in [1.807, 2.05) is 24.3 Å². The molecule has 2 aromatic carbocycles. The second-order valence-electron chi connectivity index (χ2n) is 8.61. The molecule has 1 aliphatic heterocycles. The van der Waals surface area contributed by atoms with Crippen molar-refractivity contribution < 1.29 is 24.2 Å². The SMILES string of the molecule is CCCCCOc1ccc(/C(O)=C2/C(=O)C(=O)N(Cc3cccc(OC)c3)C2c2ccccn2)cc1. The van der Waals surface area contributed by atoms with Crippen molar-refractivity contribution in [1.29, 1.82) is 0 Å². The van der Waals surface area contributed by atoms with Crippen LogP contribution in [0.5, 0.6) is 11.5 Å². The standard InChI is InChI=1S/C29H30N2O5/c1-3-4-7-17-36-22-14-12-21(13-15-22)27(32)25-26(24-11-5-6-16-30-24)31(29(34)28(25)33)19-20-9-8-10-23(18-20)35-2/h5-6,8-16,18,26,32H,3-4,7,17,19H2,1-2H3/b27-25-. The topological polar surface area (TPSA) is 89.0 Å². The number of aromatic nitrogens is 1. The lowest BCUT2D eigenvalue weighted by molar-refractivity contribution is -0.140. The lowest BCUT2D eigenvalue weighted by Crippen LogP contribution is -2.29. The molecule has 2 heterocycles. The van der Waals surface area contributed by atoms with E-state index in [0.29, 0.717) is 29.4 Å². The van der Waals surface area contributed by atoms with Crippen LogP contribution < -0.4 is 9.47 Å². The number of aliphatic hydroxyl groups excluding tert-OH is 1. The first-order valence-electron chi connectivity index (χ1n) is 12.1. The van der Waals surface area contributed by atoms with E-state index in [4.69, 9.17) is 9.47 Å². The van der Waals surface area contributed by atoms with Crippen LogP contribution in [0.2, 0.25) is 0 Å². The second kappa shape index (κ2) is 11.5. The van der Waals surface area contributed by atoms with Gasteiger partial charge >= 0.3 is 0 Å². The smallest absolute Gasteiger partial charge is 0.296 e. The van der Waals surface area contributed by atoms with Gasteiger partial charge in [-0.1, -0.05) is 38.0 Å². The van der Waals surface area contributed by atoms with E-state index in [2.05, 4.69) is 11.9 Å². The first-order valence-corrected chi connectivity index (χ1v) is 12.1. The molecule has 36 heavy (non-hydrogen) atoms. The molecule has 1 amide bonds. The second-order valence-corrected chi connectivity index (χ2v) is 8.61. The molecule has 1 unspecified atom stereocenters. The van der Waals surface area contributed by atoms with Crippen molar-refractivity contribution >= 4 is 17.4 Å². The molecule has 0 spiro atoms. The number of ketones is 1. The average Bonchev–Trinajstić information content (AvgIpc) is 3.16. The van der Waals surface area contributed by atoms with Gasteiger partial charge in [-0.3, -0.25) is 14.6 Å². The number of Topliss-reactive ketones (excluding diaryl/α,β-unsaturated/α-hetero) is 1. The molecule has 0 saturated carbocycles. The summed E-state index contributed by atoms with van der Waals surface area (Å²) in [5.74, 6) is -0.343. The number of carbonyl (C=O) groups is 2. The number of likely N-dealkylation sites (tertiary alicyclic amines) is 1. The summed E-state index contributed by atoms with van der Waals surface area (Å²) in [6.07, 6.45) is 4.79. The average molecular weight is 487 g/mol. The Labute approximate surface area is 211 Å².